The second-order valence-corrected chi connectivity index (χ2v) is 3.39. The number of pyridine rings is 1. The molecule has 2 aromatic rings. The van der Waals surface area contributed by atoms with Gasteiger partial charge >= 0.3 is 6.03 Å². The minimum absolute atomic E-state index is 0.551. The fraction of sp³-hybridized carbons (Fsp3) is 0.0909. The smallest absolute Gasteiger partial charge is 0.316 e. The van der Waals surface area contributed by atoms with E-state index in [1.165, 1.54) is 0 Å². The van der Waals surface area contributed by atoms with Crippen LogP contribution in [0, 0.1) is 0 Å². The molecule has 4 heteroatoms. The van der Waals surface area contributed by atoms with Crippen molar-refractivity contribution >= 4 is 22.6 Å². The van der Waals surface area contributed by atoms with Crippen molar-refractivity contribution in [1.82, 2.24) is 0 Å². The summed E-state index contributed by atoms with van der Waals surface area (Å²) in [4.78, 5) is 10.7. The Labute approximate surface area is 87.3 Å². The van der Waals surface area contributed by atoms with Crippen molar-refractivity contribution in [2.24, 2.45) is 12.8 Å². The van der Waals surface area contributed by atoms with Crippen LogP contribution in [0.2, 0.25) is 0 Å². The second-order valence-electron chi connectivity index (χ2n) is 3.39. The summed E-state index contributed by atoms with van der Waals surface area (Å²) in [6, 6.07) is 9.27. The number of urea groups is 1. The van der Waals surface area contributed by atoms with E-state index >= 15 is 0 Å². The molecule has 0 atom stereocenters. The van der Waals surface area contributed by atoms with Crippen molar-refractivity contribution in [2.45, 2.75) is 0 Å². The SMILES string of the molecule is C[n+]1cc(NC(N)=O)cc2ccccc21. The molecule has 0 aliphatic heterocycles. The first-order chi connectivity index (χ1) is 7.16. The molecule has 0 unspecified atom stereocenters. The number of para-hydroxylation sites is 1. The Bertz CT molecular complexity index is 522. The van der Waals surface area contributed by atoms with Gasteiger partial charge in [0.25, 0.3) is 0 Å². The van der Waals surface area contributed by atoms with E-state index in [1.54, 1.807) is 0 Å². The average Bonchev–Trinajstić information content (AvgIpc) is 2.16. The molecule has 2 rings (SSSR count). The number of benzene rings is 1. The number of rotatable bonds is 1. The Hall–Kier alpha value is -2.10. The van der Waals surface area contributed by atoms with Crippen LogP contribution < -0.4 is 15.6 Å². The van der Waals surface area contributed by atoms with Crippen molar-refractivity contribution in [3.63, 3.8) is 0 Å². The molecule has 1 aromatic heterocycles. The molecule has 0 aliphatic rings. The highest BCUT2D eigenvalue weighted by molar-refractivity contribution is 5.89. The fourth-order valence-electron chi connectivity index (χ4n) is 1.62. The van der Waals surface area contributed by atoms with Crippen molar-refractivity contribution in [3.8, 4) is 0 Å². The molecule has 2 amide bonds. The Morgan fingerprint density at radius 3 is 2.87 bits per heavy atom. The maximum atomic E-state index is 10.7. The molecule has 0 radical (unpaired) electrons. The van der Waals surface area contributed by atoms with E-state index in [0.29, 0.717) is 5.69 Å². The highest BCUT2D eigenvalue weighted by Gasteiger charge is 2.07. The Morgan fingerprint density at radius 1 is 1.40 bits per heavy atom. The molecule has 15 heavy (non-hydrogen) atoms. The summed E-state index contributed by atoms with van der Waals surface area (Å²) >= 11 is 0. The van der Waals surface area contributed by atoms with Crippen LogP contribution in [0.5, 0.6) is 0 Å². The monoisotopic (exact) mass is 202 g/mol. The number of carbonyl (C=O) groups is 1. The number of primary amides is 1. The standard InChI is InChI=1S/C11H11N3O/c1-14-7-9(13-11(12)15)6-8-4-2-3-5-10(8)14/h2-7H,1H3,(H2-,12,13,15)/p+1. The number of aryl methyl sites for hydroxylation is 1. The lowest BCUT2D eigenvalue weighted by atomic mass is 10.2. The quantitative estimate of drug-likeness (QED) is 0.670. The normalized spacial score (nSPS) is 10.2. The van der Waals surface area contributed by atoms with Gasteiger partial charge in [-0.25, -0.2) is 4.79 Å². The third-order valence-electron chi connectivity index (χ3n) is 2.23. The number of hydrogen-bond acceptors (Lipinski definition) is 1. The average molecular weight is 202 g/mol. The van der Waals surface area contributed by atoms with E-state index in [-0.39, 0.29) is 0 Å². The van der Waals surface area contributed by atoms with Crippen LogP contribution in [0.3, 0.4) is 0 Å². The Balaban J connectivity index is 2.57. The summed E-state index contributed by atoms with van der Waals surface area (Å²) in [5.74, 6) is 0. The van der Waals surface area contributed by atoms with Crippen LogP contribution in [0.15, 0.2) is 36.5 Å². The molecule has 1 heterocycles. The number of anilines is 1. The zero-order valence-electron chi connectivity index (χ0n) is 8.40. The highest BCUT2D eigenvalue weighted by Crippen LogP contribution is 2.14. The van der Waals surface area contributed by atoms with Gasteiger partial charge in [-0.05, 0) is 12.1 Å². The second kappa shape index (κ2) is 3.57. The van der Waals surface area contributed by atoms with Gasteiger partial charge in [-0.15, -0.1) is 0 Å². The van der Waals surface area contributed by atoms with Crippen molar-refractivity contribution in [2.75, 3.05) is 5.32 Å². The number of nitrogens with two attached hydrogens (primary N) is 1. The van der Waals surface area contributed by atoms with Gasteiger partial charge in [0.15, 0.2) is 6.20 Å². The summed E-state index contributed by atoms with van der Waals surface area (Å²) in [5.41, 5.74) is 6.86. The van der Waals surface area contributed by atoms with Gasteiger partial charge in [-0.2, -0.15) is 4.57 Å². The number of fused-ring (bicyclic) bond motifs is 1. The zero-order chi connectivity index (χ0) is 10.8. The molecule has 0 fully saturated rings. The number of nitrogens with zero attached hydrogens (tertiary/aromatic N) is 1. The van der Waals surface area contributed by atoms with Crippen LogP contribution in [0.25, 0.3) is 10.9 Å². The third kappa shape index (κ3) is 1.88. The lowest BCUT2D eigenvalue weighted by Crippen LogP contribution is -2.30. The molecule has 3 N–H and O–H groups in total. The van der Waals surface area contributed by atoms with E-state index in [0.717, 1.165) is 10.9 Å². The van der Waals surface area contributed by atoms with Gasteiger partial charge in [0, 0.05) is 11.5 Å². The summed E-state index contributed by atoms with van der Waals surface area (Å²) < 4.78 is 1.95. The largest absolute Gasteiger partial charge is 0.351 e. The summed E-state index contributed by atoms with van der Waals surface area (Å²) in [7, 11) is 1.93. The van der Waals surface area contributed by atoms with E-state index in [1.807, 2.05) is 48.1 Å². The van der Waals surface area contributed by atoms with Crippen LogP contribution in [0.1, 0.15) is 0 Å². The number of amides is 2. The number of nitrogens with one attached hydrogen (secondary N) is 1. The highest BCUT2D eigenvalue weighted by atomic mass is 16.2. The van der Waals surface area contributed by atoms with Gasteiger partial charge in [0.2, 0.25) is 5.52 Å². The molecule has 4 nitrogen and oxygen atoms in total. The topological polar surface area (TPSA) is 59.0 Å². The lowest BCUT2D eigenvalue weighted by Gasteiger charge is -2.02. The predicted octanol–water partition coefficient (Wildman–Crippen LogP) is 1.15. The van der Waals surface area contributed by atoms with Crippen molar-refractivity contribution in [3.05, 3.63) is 36.5 Å². The minimum Gasteiger partial charge on any atom is -0.351 e. The lowest BCUT2D eigenvalue weighted by molar-refractivity contribution is -0.644. The minimum atomic E-state index is -0.551. The third-order valence-corrected chi connectivity index (χ3v) is 2.23. The van der Waals surface area contributed by atoms with Crippen LogP contribution in [0.4, 0.5) is 10.5 Å². The molecule has 0 spiro atoms. The van der Waals surface area contributed by atoms with Gasteiger partial charge in [0.1, 0.15) is 12.7 Å². The molecule has 0 saturated heterocycles. The van der Waals surface area contributed by atoms with Crippen molar-refractivity contribution < 1.29 is 9.36 Å². The van der Waals surface area contributed by atoms with Gasteiger partial charge in [0.05, 0.1) is 0 Å². The maximum Gasteiger partial charge on any atom is 0.316 e. The molecule has 1 aromatic carbocycles. The van der Waals surface area contributed by atoms with Gasteiger partial charge in [-0.1, -0.05) is 12.1 Å². The zero-order valence-corrected chi connectivity index (χ0v) is 8.40. The van der Waals surface area contributed by atoms with Gasteiger partial charge in [-0.3, -0.25) is 0 Å². The molecule has 0 bridgehead atoms. The predicted molar refractivity (Wildman–Crippen MR) is 58.3 cm³/mol. The Morgan fingerprint density at radius 2 is 2.13 bits per heavy atom. The van der Waals surface area contributed by atoms with Gasteiger partial charge < -0.3 is 11.1 Å². The van der Waals surface area contributed by atoms with Crippen LogP contribution >= 0.6 is 0 Å². The Kier molecular flexibility index (Phi) is 2.25. The first-order valence-electron chi connectivity index (χ1n) is 4.62. The van der Waals surface area contributed by atoms with E-state index in [4.69, 9.17) is 5.73 Å². The maximum absolute atomic E-state index is 10.7. The molecule has 0 aliphatic carbocycles. The molecular weight excluding hydrogens is 190 g/mol. The summed E-state index contributed by atoms with van der Waals surface area (Å²) in [6.45, 7) is 0. The first kappa shape index (κ1) is 9.45. The number of hydrogen-bond donors (Lipinski definition) is 2. The fourth-order valence-corrected chi connectivity index (χ4v) is 1.62. The van der Waals surface area contributed by atoms with E-state index in [2.05, 4.69) is 5.32 Å². The van der Waals surface area contributed by atoms with E-state index < -0.39 is 6.03 Å². The van der Waals surface area contributed by atoms with Crippen molar-refractivity contribution in [1.29, 1.82) is 0 Å². The number of aromatic nitrogens is 1. The molecule has 76 valence electrons. The summed E-state index contributed by atoms with van der Waals surface area (Å²) in [6.07, 6.45) is 1.83. The summed E-state index contributed by atoms with van der Waals surface area (Å²) in [5, 5.41) is 3.62. The molecular formula is C11H12N3O+. The molecule has 0 saturated carbocycles. The van der Waals surface area contributed by atoms with E-state index in [9.17, 15) is 4.79 Å². The van der Waals surface area contributed by atoms with Crippen LogP contribution in [-0.2, 0) is 7.05 Å². The van der Waals surface area contributed by atoms with Crippen LogP contribution in [-0.4, -0.2) is 6.03 Å². The first-order valence-corrected chi connectivity index (χ1v) is 4.62. The number of carbonyl (C=O) groups excluding carboxylic acids is 1.